The lowest BCUT2D eigenvalue weighted by atomic mass is 10.2. The van der Waals surface area contributed by atoms with Crippen LogP contribution < -0.4 is 5.32 Å². The first-order chi connectivity index (χ1) is 12.8. The molecule has 7 heteroatoms. The number of benzene rings is 2. The van der Waals surface area contributed by atoms with Crippen molar-refractivity contribution in [1.29, 1.82) is 0 Å². The second-order valence-electron chi connectivity index (χ2n) is 6.79. The Hall–Kier alpha value is -2.38. The molecule has 1 aromatic heterocycles. The molecule has 0 aliphatic carbocycles. The first kappa shape index (κ1) is 19.4. The zero-order valence-electron chi connectivity index (χ0n) is 16.2. The minimum absolute atomic E-state index is 0.263. The van der Waals surface area contributed by atoms with E-state index in [4.69, 9.17) is 4.98 Å². The van der Waals surface area contributed by atoms with Crippen LogP contribution in [0.4, 0.5) is 5.69 Å². The molecule has 0 fully saturated rings. The molecular formula is C20H26N4O2S. The summed E-state index contributed by atoms with van der Waals surface area (Å²) in [6.45, 7) is 5.60. The third-order valence-electron chi connectivity index (χ3n) is 4.61. The van der Waals surface area contributed by atoms with Gasteiger partial charge in [-0.25, -0.2) is 17.7 Å². The number of nitrogens with zero attached hydrogens (tertiary/aromatic N) is 3. The Kier molecular flexibility index (Phi) is 5.53. The summed E-state index contributed by atoms with van der Waals surface area (Å²) in [6.07, 6.45) is 0.973. The molecule has 1 heterocycles. The van der Waals surface area contributed by atoms with E-state index in [0.29, 0.717) is 12.1 Å². The van der Waals surface area contributed by atoms with Gasteiger partial charge in [0.05, 0.1) is 22.5 Å². The van der Waals surface area contributed by atoms with E-state index < -0.39 is 10.0 Å². The van der Waals surface area contributed by atoms with Gasteiger partial charge in [-0.15, -0.1) is 0 Å². The molecule has 0 saturated carbocycles. The minimum Gasteiger partial charge on any atom is -0.378 e. The number of sulfonamides is 1. The average molecular weight is 387 g/mol. The summed E-state index contributed by atoms with van der Waals surface area (Å²) in [5.74, 6) is 0.898. The Morgan fingerprint density at radius 3 is 2.56 bits per heavy atom. The number of hydrogen-bond acceptors (Lipinski definition) is 4. The van der Waals surface area contributed by atoms with E-state index in [0.717, 1.165) is 30.0 Å². The van der Waals surface area contributed by atoms with Gasteiger partial charge in [-0.05, 0) is 43.2 Å². The van der Waals surface area contributed by atoms with Crippen molar-refractivity contribution in [3.8, 4) is 0 Å². The van der Waals surface area contributed by atoms with Crippen LogP contribution in [0.2, 0.25) is 0 Å². The van der Waals surface area contributed by atoms with Gasteiger partial charge in [0.1, 0.15) is 5.82 Å². The Labute approximate surface area is 160 Å². The molecule has 0 bridgehead atoms. The predicted octanol–water partition coefficient (Wildman–Crippen LogP) is 3.62. The number of imidazole rings is 1. The van der Waals surface area contributed by atoms with Crippen LogP contribution in [0.25, 0.3) is 11.0 Å². The molecule has 1 N–H and O–H groups in total. The second kappa shape index (κ2) is 7.70. The zero-order valence-corrected chi connectivity index (χ0v) is 17.0. The van der Waals surface area contributed by atoms with Gasteiger partial charge < -0.3 is 9.88 Å². The maximum absolute atomic E-state index is 12.4. The lowest BCUT2D eigenvalue weighted by molar-refractivity contribution is 0.521. The lowest BCUT2D eigenvalue weighted by Crippen LogP contribution is -2.22. The van der Waals surface area contributed by atoms with Crippen molar-refractivity contribution in [2.45, 2.75) is 38.3 Å². The molecule has 0 spiro atoms. The number of rotatable bonds is 7. The molecule has 3 aromatic rings. The molecule has 0 aliphatic heterocycles. The van der Waals surface area contributed by atoms with Crippen LogP contribution in [-0.4, -0.2) is 36.4 Å². The van der Waals surface area contributed by atoms with Crippen LogP contribution in [0.15, 0.2) is 47.4 Å². The summed E-state index contributed by atoms with van der Waals surface area (Å²) in [5.41, 5.74) is 3.91. The quantitative estimate of drug-likeness (QED) is 0.673. The van der Waals surface area contributed by atoms with Crippen LogP contribution in [0.5, 0.6) is 0 Å². The van der Waals surface area contributed by atoms with Crippen LogP contribution in [0.1, 0.15) is 24.7 Å². The van der Waals surface area contributed by atoms with Crippen molar-refractivity contribution in [3.63, 3.8) is 0 Å². The molecule has 144 valence electrons. The predicted molar refractivity (Wildman–Crippen MR) is 109 cm³/mol. The average Bonchev–Trinajstić information content (AvgIpc) is 2.98. The van der Waals surface area contributed by atoms with Gasteiger partial charge in [0.25, 0.3) is 0 Å². The number of anilines is 1. The van der Waals surface area contributed by atoms with Gasteiger partial charge in [-0.1, -0.05) is 25.1 Å². The maximum atomic E-state index is 12.4. The lowest BCUT2D eigenvalue weighted by Gasteiger charge is -2.12. The van der Waals surface area contributed by atoms with Crippen molar-refractivity contribution in [1.82, 2.24) is 13.9 Å². The molecule has 0 radical (unpaired) electrons. The van der Waals surface area contributed by atoms with Crippen molar-refractivity contribution in [2.75, 3.05) is 19.4 Å². The summed E-state index contributed by atoms with van der Waals surface area (Å²) < 4.78 is 28.2. The molecule has 0 saturated heterocycles. The van der Waals surface area contributed by atoms with E-state index in [1.807, 2.05) is 24.3 Å². The zero-order chi connectivity index (χ0) is 19.6. The topological polar surface area (TPSA) is 67.2 Å². The summed E-state index contributed by atoms with van der Waals surface area (Å²) >= 11 is 0. The molecule has 27 heavy (non-hydrogen) atoms. The molecule has 0 aliphatic rings. The third kappa shape index (κ3) is 3.84. The van der Waals surface area contributed by atoms with Crippen LogP contribution in [-0.2, 0) is 23.1 Å². The Balaban J connectivity index is 1.99. The van der Waals surface area contributed by atoms with Crippen molar-refractivity contribution < 1.29 is 8.42 Å². The monoisotopic (exact) mass is 386 g/mol. The van der Waals surface area contributed by atoms with E-state index in [2.05, 4.69) is 29.8 Å². The SMILES string of the molecule is CCCn1c(CNc2ccccc2C)nc2cc(S(=O)(=O)N(C)C)ccc21. The van der Waals surface area contributed by atoms with Crippen LogP contribution >= 0.6 is 0 Å². The van der Waals surface area contributed by atoms with E-state index in [1.54, 1.807) is 12.1 Å². The highest BCUT2D eigenvalue weighted by Crippen LogP contribution is 2.23. The largest absolute Gasteiger partial charge is 0.378 e. The second-order valence-corrected chi connectivity index (χ2v) is 8.94. The molecule has 6 nitrogen and oxygen atoms in total. The number of aromatic nitrogens is 2. The summed E-state index contributed by atoms with van der Waals surface area (Å²) in [7, 11) is -0.408. The molecular weight excluding hydrogens is 360 g/mol. The normalized spacial score (nSPS) is 12.0. The van der Waals surface area contributed by atoms with Gasteiger partial charge in [-0.3, -0.25) is 0 Å². The van der Waals surface area contributed by atoms with Crippen LogP contribution in [0, 0.1) is 6.92 Å². The summed E-state index contributed by atoms with van der Waals surface area (Å²) in [6, 6.07) is 13.3. The molecule has 0 unspecified atom stereocenters. The number of para-hydroxylation sites is 1. The molecule has 3 rings (SSSR count). The number of aryl methyl sites for hydroxylation is 2. The number of nitrogens with one attached hydrogen (secondary N) is 1. The maximum Gasteiger partial charge on any atom is 0.242 e. The standard InChI is InChI=1S/C20H26N4O2S/c1-5-12-24-19-11-10-16(27(25,26)23(3)4)13-18(19)22-20(24)14-21-17-9-7-6-8-15(17)2/h6-11,13,21H,5,12,14H2,1-4H3. The summed E-state index contributed by atoms with van der Waals surface area (Å²) in [5, 5.41) is 3.44. The van der Waals surface area contributed by atoms with Crippen molar-refractivity contribution in [2.24, 2.45) is 0 Å². The molecule has 0 amide bonds. The van der Waals surface area contributed by atoms with Crippen molar-refractivity contribution in [3.05, 3.63) is 53.9 Å². The van der Waals surface area contributed by atoms with E-state index >= 15 is 0 Å². The van der Waals surface area contributed by atoms with E-state index in [-0.39, 0.29) is 4.90 Å². The first-order valence-electron chi connectivity index (χ1n) is 9.05. The van der Waals surface area contributed by atoms with Gasteiger partial charge >= 0.3 is 0 Å². The van der Waals surface area contributed by atoms with Gasteiger partial charge in [-0.2, -0.15) is 0 Å². The minimum atomic E-state index is -3.48. The fourth-order valence-corrected chi connectivity index (χ4v) is 4.01. The molecule has 2 aromatic carbocycles. The third-order valence-corrected chi connectivity index (χ3v) is 6.42. The number of fused-ring (bicyclic) bond motifs is 1. The van der Waals surface area contributed by atoms with E-state index in [1.165, 1.54) is 24.0 Å². The Morgan fingerprint density at radius 1 is 1.15 bits per heavy atom. The summed E-state index contributed by atoms with van der Waals surface area (Å²) in [4.78, 5) is 4.99. The molecule has 0 atom stereocenters. The van der Waals surface area contributed by atoms with E-state index in [9.17, 15) is 8.42 Å². The highest BCUT2D eigenvalue weighted by atomic mass is 32.2. The first-order valence-corrected chi connectivity index (χ1v) is 10.5. The number of hydrogen-bond donors (Lipinski definition) is 1. The van der Waals surface area contributed by atoms with Crippen molar-refractivity contribution >= 4 is 26.7 Å². The fourth-order valence-electron chi connectivity index (χ4n) is 3.08. The van der Waals surface area contributed by atoms with Gasteiger partial charge in [0.2, 0.25) is 10.0 Å². The van der Waals surface area contributed by atoms with Gasteiger partial charge in [0, 0.05) is 26.3 Å². The van der Waals surface area contributed by atoms with Crippen LogP contribution in [0.3, 0.4) is 0 Å². The Morgan fingerprint density at radius 2 is 1.89 bits per heavy atom. The highest BCUT2D eigenvalue weighted by molar-refractivity contribution is 7.89. The Bertz CT molecular complexity index is 1060. The fraction of sp³-hybridized carbons (Fsp3) is 0.350. The highest BCUT2D eigenvalue weighted by Gasteiger charge is 2.19. The smallest absolute Gasteiger partial charge is 0.242 e. The van der Waals surface area contributed by atoms with Gasteiger partial charge in [0.15, 0.2) is 0 Å².